The van der Waals surface area contributed by atoms with Gasteiger partial charge in [0.05, 0.1) is 10.5 Å². The zero-order valence-corrected chi connectivity index (χ0v) is 17.9. The molecule has 0 bridgehead atoms. The fourth-order valence-electron chi connectivity index (χ4n) is 2.36. The monoisotopic (exact) mass is 478 g/mol. The molecule has 1 amide bonds. The quantitative estimate of drug-likeness (QED) is 0.614. The summed E-state index contributed by atoms with van der Waals surface area (Å²) in [6.45, 7) is 0.515. The second-order valence-corrected chi connectivity index (χ2v) is 8.90. The average molecular weight is 479 g/mol. The van der Waals surface area contributed by atoms with E-state index in [0.717, 1.165) is 29.6 Å². The summed E-state index contributed by atoms with van der Waals surface area (Å²) < 4.78 is 68.8. The Hall–Kier alpha value is -2.63. The van der Waals surface area contributed by atoms with E-state index in [-0.39, 0.29) is 10.6 Å². The Morgan fingerprint density at radius 1 is 1.16 bits per heavy atom. The van der Waals surface area contributed by atoms with Crippen LogP contribution in [0.5, 0.6) is 0 Å². The van der Waals surface area contributed by atoms with Crippen LogP contribution in [0.3, 0.4) is 0 Å². The molecule has 0 aliphatic heterocycles. The minimum atomic E-state index is -4.58. The number of hydrogen-bond acceptors (Lipinski definition) is 5. The Bertz CT molecular complexity index is 1060. The van der Waals surface area contributed by atoms with Crippen molar-refractivity contribution in [3.8, 4) is 0 Å². The maximum atomic E-state index is 12.8. The molecular weight excluding hydrogens is 461 g/mol. The summed E-state index contributed by atoms with van der Waals surface area (Å²) >= 11 is 5.73. The largest absolute Gasteiger partial charge is 0.452 e. The van der Waals surface area contributed by atoms with E-state index in [0.29, 0.717) is 5.02 Å². The van der Waals surface area contributed by atoms with Gasteiger partial charge in [-0.3, -0.25) is 9.59 Å². The van der Waals surface area contributed by atoms with Crippen LogP contribution in [0.15, 0.2) is 53.4 Å². The highest BCUT2D eigenvalue weighted by molar-refractivity contribution is 7.89. The molecule has 168 valence electrons. The summed E-state index contributed by atoms with van der Waals surface area (Å²) in [5.74, 6) is -1.90. The van der Waals surface area contributed by atoms with Crippen LogP contribution in [-0.4, -0.2) is 44.3 Å². The summed E-state index contributed by atoms with van der Waals surface area (Å²) in [5.41, 5.74) is -1.09. The molecule has 1 N–H and O–H groups in total. The lowest BCUT2D eigenvalue weighted by Crippen LogP contribution is -2.37. The Kier molecular flexibility index (Phi) is 7.68. The van der Waals surface area contributed by atoms with E-state index < -0.39 is 46.3 Å². The van der Waals surface area contributed by atoms with Gasteiger partial charge >= 0.3 is 12.1 Å². The Labute approximate surface area is 181 Å². The van der Waals surface area contributed by atoms with Gasteiger partial charge in [0.15, 0.2) is 6.10 Å². The number of likely N-dealkylation sites (N-methyl/N-ethyl adjacent to an activating group) is 1. The van der Waals surface area contributed by atoms with Crippen molar-refractivity contribution in [1.29, 1.82) is 0 Å². The number of halogens is 4. The lowest BCUT2D eigenvalue weighted by Gasteiger charge is -2.18. The lowest BCUT2D eigenvalue weighted by atomic mass is 10.2. The number of alkyl halides is 3. The summed E-state index contributed by atoms with van der Waals surface area (Å²) in [6.07, 6.45) is -5.97. The van der Waals surface area contributed by atoms with Crippen LogP contribution in [0.25, 0.3) is 0 Å². The lowest BCUT2D eigenvalue weighted by molar-refractivity contribution is -0.153. The number of amides is 1. The molecule has 0 radical (unpaired) electrons. The van der Waals surface area contributed by atoms with E-state index in [4.69, 9.17) is 16.3 Å². The van der Waals surface area contributed by atoms with Gasteiger partial charge in [0.25, 0.3) is 5.91 Å². The van der Waals surface area contributed by atoms with E-state index in [1.54, 1.807) is 0 Å². The van der Waals surface area contributed by atoms with Gasteiger partial charge in [-0.05, 0) is 49.4 Å². The summed E-state index contributed by atoms with van der Waals surface area (Å²) in [6, 6.07) is 9.23. The first kappa shape index (κ1) is 24.6. The van der Waals surface area contributed by atoms with Crippen LogP contribution in [0.2, 0.25) is 5.02 Å². The number of benzene rings is 2. The number of rotatable bonds is 7. The molecule has 0 fully saturated rings. The van der Waals surface area contributed by atoms with Gasteiger partial charge in [-0.25, -0.2) is 8.42 Å². The zero-order valence-electron chi connectivity index (χ0n) is 16.3. The maximum absolute atomic E-state index is 12.8. The van der Waals surface area contributed by atoms with Gasteiger partial charge in [0.2, 0.25) is 10.0 Å². The third kappa shape index (κ3) is 6.68. The van der Waals surface area contributed by atoms with Crippen molar-refractivity contribution in [2.24, 2.45) is 0 Å². The third-order valence-corrected chi connectivity index (χ3v) is 6.08. The minimum Gasteiger partial charge on any atom is -0.452 e. The molecule has 0 aliphatic rings. The van der Waals surface area contributed by atoms with Crippen molar-refractivity contribution >= 4 is 39.2 Å². The van der Waals surface area contributed by atoms with Crippen molar-refractivity contribution in [3.63, 3.8) is 0 Å². The molecule has 0 aliphatic carbocycles. The number of sulfonamides is 1. The predicted molar refractivity (Wildman–Crippen MR) is 107 cm³/mol. The number of hydrogen-bond donors (Lipinski definition) is 1. The molecule has 1 atom stereocenters. The predicted octanol–water partition coefficient (Wildman–Crippen LogP) is 3.55. The van der Waals surface area contributed by atoms with Gasteiger partial charge in [-0.1, -0.05) is 17.7 Å². The summed E-state index contributed by atoms with van der Waals surface area (Å²) in [4.78, 5) is 24.1. The van der Waals surface area contributed by atoms with Crippen molar-refractivity contribution in [2.75, 3.05) is 18.9 Å². The molecule has 2 aromatic carbocycles. The normalized spacial score (nSPS) is 13.0. The highest BCUT2D eigenvalue weighted by Crippen LogP contribution is 2.30. The molecular formula is C19H18ClF3N2O5S. The highest BCUT2D eigenvalue weighted by atomic mass is 35.5. The fraction of sp³-hybridized carbons (Fsp3) is 0.263. The first-order valence-corrected chi connectivity index (χ1v) is 10.5. The van der Waals surface area contributed by atoms with Crippen LogP contribution in [0, 0.1) is 0 Å². The number of nitrogens with one attached hydrogen (secondary N) is 1. The second kappa shape index (κ2) is 9.67. The molecule has 1 unspecified atom stereocenters. The fourth-order valence-corrected chi connectivity index (χ4v) is 3.60. The summed E-state index contributed by atoms with van der Waals surface area (Å²) in [7, 11) is -2.86. The number of carbonyl (C=O) groups excluding carboxylic acids is 2. The molecule has 2 aromatic rings. The standard InChI is InChI=1S/C19H18ClF3N2O5S/c1-12(18(27)24-15-5-3-4-13(10-15)19(21,22)23)30-17(26)11-25(2)31(28,29)16-8-6-14(20)7-9-16/h3-10,12H,11H2,1-2H3,(H,24,27). The van der Waals surface area contributed by atoms with Crippen LogP contribution < -0.4 is 5.32 Å². The van der Waals surface area contributed by atoms with Crippen LogP contribution in [-0.2, 0) is 30.5 Å². The smallest absolute Gasteiger partial charge is 0.416 e. The number of esters is 1. The summed E-state index contributed by atoms with van der Waals surface area (Å²) in [5, 5.41) is 2.55. The van der Waals surface area contributed by atoms with E-state index in [9.17, 15) is 31.2 Å². The molecule has 0 saturated carbocycles. The topological polar surface area (TPSA) is 92.8 Å². The first-order chi connectivity index (χ1) is 14.3. The third-order valence-electron chi connectivity index (χ3n) is 4.01. The Morgan fingerprint density at radius 2 is 1.77 bits per heavy atom. The number of ether oxygens (including phenoxy) is 1. The van der Waals surface area contributed by atoms with E-state index in [1.165, 1.54) is 37.3 Å². The van der Waals surface area contributed by atoms with Crippen molar-refractivity contribution in [3.05, 3.63) is 59.1 Å². The van der Waals surface area contributed by atoms with E-state index >= 15 is 0 Å². The second-order valence-electron chi connectivity index (χ2n) is 6.41. The minimum absolute atomic E-state index is 0.0949. The van der Waals surface area contributed by atoms with Crippen molar-refractivity contribution in [1.82, 2.24) is 4.31 Å². The average Bonchev–Trinajstić information content (AvgIpc) is 2.67. The Balaban J connectivity index is 1.97. The Morgan fingerprint density at radius 3 is 2.35 bits per heavy atom. The van der Waals surface area contributed by atoms with Gasteiger partial charge in [0, 0.05) is 17.8 Å². The van der Waals surface area contributed by atoms with Gasteiger partial charge in [-0.2, -0.15) is 17.5 Å². The maximum Gasteiger partial charge on any atom is 0.416 e. The van der Waals surface area contributed by atoms with Crippen LogP contribution in [0.1, 0.15) is 12.5 Å². The van der Waals surface area contributed by atoms with Crippen LogP contribution in [0.4, 0.5) is 18.9 Å². The number of nitrogens with zero attached hydrogens (tertiary/aromatic N) is 1. The van der Waals surface area contributed by atoms with Gasteiger partial charge < -0.3 is 10.1 Å². The molecule has 12 heteroatoms. The SMILES string of the molecule is CC(OC(=O)CN(C)S(=O)(=O)c1ccc(Cl)cc1)C(=O)Nc1cccc(C(F)(F)F)c1. The number of carbonyl (C=O) groups is 2. The molecule has 0 aromatic heterocycles. The molecule has 0 saturated heterocycles. The van der Waals surface area contributed by atoms with Gasteiger partial charge in [0.1, 0.15) is 6.54 Å². The van der Waals surface area contributed by atoms with Crippen molar-refractivity contribution in [2.45, 2.75) is 24.1 Å². The number of anilines is 1. The van der Waals surface area contributed by atoms with Crippen molar-refractivity contribution < 1.29 is 35.9 Å². The molecule has 31 heavy (non-hydrogen) atoms. The van der Waals surface area contributed by atoms with E-state index in [1.807, 2.05) is 0 Å². The van der Waals surface area contributed by atoms with E-state index in [2.05, 4.69) is 5.32 Å². The van der Waals surface area contributed by atoms with Gasteiger partial charge in [-0.15, -0.1) is 0 Å². The molecule has 0 spiro atoms. The first-order valence-electron chi connectivity index (χ1n) is 8.70. The molecule has 7 nitrogen and oxygen atoms in total. The highest BCUT2D eigenvalue weighted by Gasteiger charge is 2.31. The molecule has 2 rings (SSSR count). The molecule has 0 heterocycles. The van der Waals surface area contributed by atoms with Crippen LogP contribution >= 0.6 is 11.6 Å². The zero-order chi connectivity index (χ0) is 23.4.